The van der Waals surface area contributed by atoms with E-state index in [0.717, 1.165) is 73.2 Å². The van der Waals surface area contributed by atoms with Gasteiger partial charge in [-0.1, -0.05) is 109 Å². The zero-order valence-electron chi connectivity index (χ0n) is 27.6. The van der Waals surface area contributed by atoms with Crippen molar-refractivity contribution in [3.63, 3.8) is 0 Å². The van der Waals surface area contributed by atoms with Crippen LogP contribution in [0.5, 0.6) is 0 Å². The highest BCUT2D eigenvalue weighted by atomic mass is 15.1. The minimum Gasteiger partial charge on any atom is -0.292 e. The molecule has 9 aromatic rings. The van der Waals surface area contributed by atoms with Gasteiger partial charge >= 0.3 is 0 Å². The van der Waals surface area contributed by atoms with E-state index in [0.29, 0.717) is 0 Å². The lowest BCUT2D eigenvalue weighted by molar-refractivity contribution is 1.09. The van der Waals surface area contributed by atoms with Gasteiger partial charge in [0.2, 0.25) is 0 Å². The molecule has 51 heavy (non-hydrogen) atoms. The summed E-state index contributed by atoms with van der Waals surface area (Å²) in [6.45, 7) is 0. The third kappa shape index (κ3) is 4.90. The Kier molecular flexibility index (Phi) is 6.81. The van der Waals surface area contributed by atoms with Gasteiger partial charge in [0.15, 0.2) is 0 Å². The van der Waals surface area contributed by atoms with Gasteiger partial charge < -0.3 is 0 Å². The van der Waals surface area contributed by atoms with Crippen LogP contribution >= 0.6 is 0 Å². The quantitative estimate of drug-likeness (QED) is 0.179. The average Bonchev–Trinajstić information content (AvgIpc) is 3.91. The fourth-order valence-corrected chi connectivity index (χ4v) is 7.54. The Morgan fingerprint density at radius 1 is 0.412 bits per heavy atom. The summed E-state index contributed by atoms with van der Waals surface area (Å²) < 4.78 is 4.52. The first kappa shape index (κ1) is 29.1. The smallest absolute Gasteiger partial charge is 0.145 e. The number of aliphatic imine (C=N–C) groups is 1. The van der Waals surface area contributed by atoms with Crippen LogP contribution in [0.25, 0.3) is 56.2 Å². The minimum absolute atomic E-state index is 0.0219. The summed E-state index contributed by atoms with van der Waals surface area (Å²) >= 11 is 0. The second-order valence-corrected chi connectivity index (χ2v) is 12.9. The van der Waals surface area contributed by atoms with Gasteiger partial charge in [-0.15, -0.1) is 0 Å². The molecule has 0 bridgehead atoms. The van der Waals surface area contributed by atoms with E-state index in [9.17, 15) is 0 Å². The molecule has 0 radical (unpaired) electrons. The monoisotopic (exact) mass is 653 g/mol. The molecule has 2 aromatic heterocycles. The standard InChI is InChI=1S/C46H31N5/c1-4-16-31(17-5-1)43-37-22-10-11-23-38(37)47-44(43)32-28-33(45-48-39-24-12-14-26-41(39)50(45)35-18-6-2-7-19-35)30-34(29-32)46-49-40-25-13-15-27-42(40)51(46)36-20-8-3-9-21-36/h1-30,43H. The Labute approximate surface area is 295 Å². The fraction of sp³-hybridized carbons (Fsp3) is 0.0217. The molecule has 10 rings (SSSR count). The number of hydrogen-bond acceptors (Lipinski definition) is 3. The molecule has 0 amide bonds. The van der Waals surface area contributed by atoms with Crippen molar-refractivity contribution in [2.45, 2.75) is 5.92 Å². The summed E-state index contributed by atoms with van der Waals surface area (Å²) in [4.78, 5) is 16.0. The Hall–Kier alpha value is -6.85. The van der Waals surface area contributed by atoms with Crippen molar-refractivity contribution < 1.29 is 0 Å². The Morgan fingerprint density at radius 2 is 0.863 bits per heavy atom. The first-order valence-corrected chi connectivity index (χ1v) is 17.2. The molecule has 5 nitrogen and oxygen atoms in total. The highest BCUT2D eigenvalue weighted by Crippen LogP contribution is 2.43. The summed E-state index contributed by atoms with van der Waals surface area (Å²) in [6, 6.07) is 63.6. The number of fused-ring (bicyclic) bond motifs is 3. The van der Waals surface area contributed by atoms with Gasteiger partial charge in [0, 0.05) is 22.5 Å². The van der Waals surface area contributed by atoms with Gasteiger partial charge in [-0.3, -0.25) is 14.1 Å². The van der Waals surface area contributed by atoms with E-state index < -0.39 is 0 Å². The number of hydrogen-bond donors (Lipinski definition) is 0. The van der Waals surface area contributed by atoms with Gasteiger partial charge in [-0.25, -0.2) is 9.97 Å². The van der Waals surface area contributed by atoms with Crippen molar-refractivity contribution in [3.05, 3.63) is 199 Å². The lowest BCUT2D eigenvalue weighted by Gasteiger charge is -2.18. The first-order valence-electron chi connectivity index (χ1n) is 17.2. The molecule has 7 aromatic carbocycles. The van der Waals surface area contributed by atoms with Crippen LogP contribution in [0, 0.1) is 0 Å². The van der Waals surface area contributed by atoms with E-state index in [4.69, 9.17) is 15.0 Å². The maximum Gasteiger partial charge on any atom is 0.145 e. The Morgan fingerprint density at radius 3 is 1.43 bits per heavy atom. The van der Waals surface area contributed by atoms with Crippen LogP contribution < -0.4 is 0 Å². The lowest BCUT2D eigenvalue weighted by Crippen LogP contribution is -2.12. The number of para-hydroxylation sites is 7. The number of nitrogens with zero attached hydrogens (tertiary/aromatic N) is 5. The molecule has 1 unspecified atom stereocenters. The van der Waals surface area contributed by atoms with Gasteiger partial charge in [-0.2, -0.15) is 0 Å². The SMILES string of the molecule is c1ccc(C2C(c3cc(-c4nc5ccccc5n4-c4ccccc4)cc(-c4nc5ccccc5n4-c4ccccc4)c3)=Nc3ccccc32)cc1. The molecular weight excluding hydrogens is 623 g/mol. The predicted octanol–water partition coefficient (Wildman–Crippen LogP) is 11.0. The number of benzene rings is 7. The van der Waals surface area contributed by atoms with Crippen molar-refractivity contribution in [1.29, 1.82) is 0 Å². The van der Waals surface area contributed by atoms with Gasteiger partial charge in [0.05, 0.1) is 39.4 Å². The third-order valence-corrected chi connectivity index (χ3v) is 9.79. The van der Waals surface area contributed by atoms with E-state index in [1.54, 1.807) is 0 Å². The predicted molar refractivity (Wildman–Crippen MR) is 207 cm³/mol. The van der Waals surface area contributed by atoms with Crippen LogP contribution in [0.1, 0.15) is 22.6 Å². The second kappa shape index (κ2) is 11.9. The summed E-state index contributed by atoms with van der Waals surface area (Å²) in [5.74, 6) is 1.70. The van der Waals surface area contributed by atoms with Crippen molar-refractivity contribution in [3.8, 4) is 34.2 Å². The number of rotatable bonds is 6. The van der Waals surface area contributed by atoms with Gasteiger partial charge in [-0.05, 0) is 89.5 Å². The molecule has 0 spiro atoms. The van der Waals surface area contributed by atoms with E-state index in [1.807, 2.05) is 12.1 Å². The van der Waals surface area contributed by atoms with Gasteiger partial charge in [0.25, 0.3) is 0 Å². The molecule has 1 aliphatic heterocycles. The van der Waals surface area contributed by atoms with Crippen molar-refractivity contribution in [1.82, 2.24) is 19.1 Å². The second-order valence-electron chi connectivity index (χ2n) is 12.9. The number of imidazole rings is 2. The topological polar surface area (TPSA) is 48.0 Å². The maximum absolute atomic E-state index is 5.36. The molecule has 0 saturated carbocycles. The molecule has 0 N–H and O–H groups in total. The van der Waals surface area contributed by atoms with E-state index >= 15 is 0 Å². The summed E-state index contributed by atoms with van der Waals surface area (Å²) in [6.07, 6.45) is 0. The molecule has 3 heterocycles. The summed E-state index contributed by atoms with van der Waals surface area (Å²) in [7, 11) is 0. The van der Waals surface area contributed by atoms with Crippen molar-refractivity contribution >= 4 is 33.5 Å². The molecule has 0 fully saturated rings. The Bertz CT molecular complexity index is 2610. The molecular formula is C46H31N5. The molecule has 0 saturated heterocycles. The summed E-state index contributed by atoms with van der Waals surface area (Å²) in [5, 5.41) is 0. The van der Waals surface area contributed by atoms with Gasteiger partial charge in [0.1, 0.15) is 11.6 Å². The van der Waals surface area contributed by atoms with Crippen LogP contribution in [0.15, 0.2) is 187 Å². The zero-order valence-corrected chi connectivity index (χ0v) is 27.6. The van der Waals surface area contributed by atoms with E-state index in [-0.39, 0.29) is 5.92 Å². The van der Waals surface area contributed by atoms with Crippen LogP contribution in [0.4, 0.5) is 5.69 Å². The van der Waals surface area contributed by atoms with Crippen molar-refractivity contribution in [2.75, 3.05) is 0 Å². The number of aromatic nitrogens is 4. The third-order valence-electron chi connectivity index (χ3n) is 9.79. The van der Waals surface area contributed by atoms with Crippen LogP contribution in [-0.4, -0.2) is 24.8 Å². The highest BCUT2D eigenvalue weighted by molar-refractivity contribution is 6.13. The lowest BCUT2D eigenvalue weighted by atomic mass is 9.85. The Balaban J connectivity index is 1.28. The maximum atomic E-state index is 5.36. The minimum atomic E-state index is -0.0219. The van der Waals surface area contributed by atoms with Crippen molar-refractivity contribution in [2.24, 2.45) is 4.99 Å². The average molecular weight is 654 g/mol. The van der Waals surface area contributed by atoms with Crippen LogP contribution in [0.3, 0.4) is 0 Å². The van der Waals surface area contributed by atoms with Crippen LogP contribution in [0.2, 0.25) is 0 Å². The van der Waals surface area contributed by atoms with E-state index in [1.165, 1.54) is 11.1 Å². The van der Waals surface area contributed by atoms with E-state index in [2.05, 4.69) is 179 Å². The molecule has 1 atom stereocenters. The summed E-state index contributed by atoms with van der Waals surface area (Å²) in [5.41, 5.74) is 13.5. The largest absolute Gasteiger partial charge is 0.292 e. The fourth-order valence-electron chi connectivity index (χ4n) is 7.54. The molecule has 0 aliphatic carbocycles. The first-order chi connectivity index (χ1) is 25.3. The molecule has 240 valence electrons. The molecule has 1 aliphatic rings. The normalized spacial score (nSPS) is 13.8. The zero-order chi connectivity index (χ0) is 33.7. The van der Waals surface area contributed by atoms with Crippen LogP contribution in [-0.2, 0) is 0 Å². The highest BCUT2D eigenvalue weighted by Gasteiger charge is 2.31. The molecule has 5 heteroatoms.